The fourth-order valence-electron chi connectivity index (χ4n) is 1.38. The fraction of sp³-hybridized carbons (Fsp3) is 0.600. The lowest BCUT2D eigenvalue weighted by atomic mass is 9.63. The van der Waals surface area contributed by atoms with Crippen molar-refractivity contribution >= 4 is 0 Å². The summed E-state index contributed by atoms with van der Waals surface area (Å²) in [5.74, 6) is 0. The van der Waals surface area contributed by atoms with Crippen LogP contribution in [0, 0.1) is 6.92 Å². The maximum absolute atomic E-state index is 8.56. The second-order valence-corrected chi connectivity index (χ2v) is 3.50. The third kappa shape index (κ3) is 1.71. The molecule has 0 fully saturated rings. The van der Waals surface area contributed by atoms with Crippen LogP contribution in [-0.4, -0.2) is 0 Å². The normalized spacial score (nSPS) is 50.9. The van der Waals surface area contributed by atoms with Crippen molar-refractivity contribution in [3.63, 3.8) is 0 Å². The van der Waals surface area contributed by atoms with E-state index in [0.717, 1.165) is 6.92 Å². The Morgan fingerprint density at radius 1 is 1.13 bits per heavy atom. The molecule has 0 amide bonds. The highest BCUT2D eigenvalue weighted by Gasteiger charge is 2.36. The Kier molecular flexibility index (Phi) is 0.439. The second kappa shape index (κ2) is 3.10. The zero-order valence-electron chi connectivity index (χ0n) is 27.0. The maximum atomic E-state index is 8.56. The molecule has 1 aromatic rings. The number of benzene rings is 1. The predicted molar refractivity (Wildman–Crippen MR) is 66.5 cm³/mol. The van der Waals surface area contributed by atoms with Gasteiger partial charge in [0.05, 0.1) is 4.11 Å². The minimum Gasteiger partial charge on any atom is -0.0590 e. The van der Waals surface area contributed by atoms with E-state index in [-0.39, 0.29) is 0 Å². The van der Waals surface area contributed by atoms with Crippen molar-refractivity contribution in [3.05, 3.63) is 34.8 Å². The molecule has 0 nitrogen and oxygen atoms in total. The van der Waals surface area contributed by atoms with E-state index < -0.39 is 85.8 Å². The van der Waals surface area contributed by atoms with E-state index in [0.29, 0.717) is 0 Å². The molecule has 0 aliphatic heterocycles. The van der Waals surface area contributed by atoms with Crippen LogP contribution < -0.4 is 0 Å². The molecule has 0 atom stereocenters. The first-order valence-electron chi connectivity index (χ1n) is 13.8. The van der Waals surface area contributed by atoms with Gasteiger partial charge in [-0.15, -0.1) is 0 Å². The van der Waals surface area contributed by atoms with Gasteiger partial charge in [0, 0.05) is 21.9 Å². The summed E-state index contributed by atoms with van der Waals surface area (Å²) in [5.41, 5.74) is -11.4. The molecular formula is C15H22. The smallest absolute Gasteiger partial charge is 0.0590 e. The highest BCUT2D eigenvalue weighted by Crippen LogP contribution is 2.45. The van der Waals surface area contributed by atoms with Gasteiger partial charge in [0.25, 0.3) is 0 Å². The van der Waals surface area contributed by atoms with E-state index in [1.54, 1.807) is 0 Å². The minimum atomic E-state index is -4.28. The zero-order chi connectivity index (χ0) is 27.5. The topological polar surface area (TPSA) is 0 Å². The van der Waals surface area contributed by atoms with Gasteiger partial charge in [-0.2, -0.15) is 0 Å². The lowest BCUT2D eigenvalue weighted by Crippen LogP contribution is -2.33. The van der Waals surface area contributed by atoms with Crippen LogP contribution in [0.4, 0.5) is 0 Å². The Bertz CT molecular complexity index is 890. The second-order valence-electron chi connectivity index (χ2n) is 3.50. The Morgan fingerprint density at radius 2 is 1.73 bits per heavy atom. The van der Waals surface area contributed by atoms with Gasteiger partial charge in [0.15, 0.2) is 0 Å². The van der Waals surface area contributed by atoms with Gasteiger partial charge in [-0.3, -0.25) is 0 Å². The maximum Gasteiger partial charge on any atom is 0.0629 e. The standard InChI is InChI=1S/C15H22/c1-11-6-7-12-13(10-11)15(4,5)9-8-14(12,2)3/h6-7,10H,8-9H2,1-5H3/i2D3,3D3,4D3,5D3,6D,7D,8D2,9D2,10D. The van der Waals surface area contributed by atoms with Gasteiger partial charge in [-0.05, 0) is 41.6 Å². The molecule has 0 saturated carbocycles. The fourth-order valence-corrected chi connectivity index (χ4v) is 1.38. The Labute approximate surface area is 120 Å². The molecule has 0 heteroatoms. The molecule has 0 spiro atoms. The molecule has 0 bridgehead atoms. The molecule has 82 valence electrons. The average Bonchev–Trinajstić information content (AvgIpc) is 2.54. The molecule has 0 aromatic heterocycles. The molecule has 1 aliphatic carbocycles. The highest BCUT2D eigenvalue weighted by molar-refractivity contribution is 5.43. The summed E-state index contributed by atoms with van der Waals surface area (Å²) in [5, 5.41) is 0. The van der Waals surface area contributed by atoms with Gasteiger partial charge < -0.3 is 0 Å². The van der Waals surface area contributed by atoms with Gasteiger partial charge >= 0.3 is 0 Å². The molecule has 0 unspecified atom stereocenters. The first kappa shape index (κ1) is 2.12. The summed E-state index contributed by atoms with van der Waals surface area (Å²) in [6.07, 6.45) is -8.54. The van der Waals surface area contributed by atoms with Crippen LogP contribution in [0.25, 0.3) is 0 Å². The third-order valence-corrected chi connectivity index (χ3v) is 2.12. The van der Waals surface area contributed by atoms with Crippen molar-refractivity contribution in [1.82, 2.24) is 0 Å². The van der Waals surface area contributed by atoms with Gasteiger partial charge in [-0.25, -0.2) is 0 Å². The molecule has 1 aliphatic rings. The zero-order valence-corrected chi connectivity index (χ0v) is 8.00. The summed E-state index contributed by atoms with van der Waals surface area (Å²) < 4.78 is 155. The van der Waals surface area contributed by atoms with Crippen LogP contribution in [-0.2, 0) is 10.8 Å². The lowest BCUT2D eigenvalue weighted by Gasteiger charge is -2.42. The van der Waals surface area contributed by atoms with Crippen molar-refractivity contribution in [2.45, 2.75) is 57.9 Å². The molecule has 0 N–H and O–H groups in total. The van der Waals surface area contributed by atoms with Gasteiger partial charge in [-0.1, -0.05) is 51.1 Å². The van der Waals surface area contributed by atoms with E-state index >= 15 is 0 Å². The summed E-state index contributed by atoms with van der Waals surface area (Å²) in [4.78, 5) is 0. The first-order valence-corrected chi connectivity index (χ1v) is 4.25. The number of rotatable bonds is 0. The van der Waals surface area contributed by atoms with E-state index in [2.05, 4.69) is 0 Å². The van der Waals surface area contributed by atoms with Crippen LogP contribution >= 0.6 is 0 Å². The Hall–Kier alpha value is -0.780. The monoisotopic (exact) mass is 221 g/mol. The summed E-state index contributed by atoms with van der Waals surface area (Å²) >= 11 is 0. The third-order valence-electron chi connectivity index (χ3n) is 2.12. The average molecular weight is 221 g/mol. The van der Waals surface area contributed by atoms with Crippen LogP contribution in [0.15, 0.2) is 18.1 Å². The van der Waals surface area contributed by atoms with E-state index in [1.165, 1.54) is 0 Å². The Morgan fingerprint density at radius 3 is 2.33 bits per heavy atom. The molecular weight excluding hydrogens is 180 g/mol. The number of fused-ring (bicyclic) bond motifs is 1. The van der Waals surface area contributed by atoms with E-state index in [1.807, 2.05) is 0 Å². The number of hydrogen-bond donors (Lipinski definition) is 0. The molecule has 15 heavy (non-hydrogen) atoms. The van der Waals surface area contributed by atoms with Crippen molar-refractivity contribution in [3.8, 4) is 0 Å². The summed E-state index contributed by atoms with van der Waals surface area (Å²) in [7, 11) is 0. The van der Waals surface area contributed by atoms with Crippen molar-refractivity contribution in [2.75, 3.05) is 0 Å². The molecule has 2 rings (SSSR count). The molecule has 0 saturated heterocycles. The van der Waals surface area contributed by atoms with Crippen molar-refractivity contribution in [2.24, 2.45) is 0 Å². The van der Waals surface area contributed by atoms with Crippen LogP contribution in [0.2, 0.25) is 0 Å². The molecule has 0 heterocycles. The van der Waals surface area contributed by atoms with Crippen molar-refractivity contribution < 1.29 is 26.0 Å². The quantitative estimate of drug-likeness (QED) is 0.611. The summed E-state index contributed by atoms with van der Waals surface area (Å²) in [6.45, 7) is -15.0. The number of hydrogen-bond acceptors (Lipinski definition) is 0. The van der Waals surface area contributed by atoms with E-state index in [9.17, 15) is 0 Å². The molecule has 0 radical (unpaired) electrons. The SMILES string of the molecule is [2H]c1c([2H])c2c(c([2H])c1C)C(C([2H])([2H])[2H])(C([2H])([2H])[2H])C([2H])([2H])C([2H])([2H])C2(C([2H])([2H])[2H])C([2H])([2H])[2H]. The predicted octanol–water partition coefficient (Wildman–Crippen LogP) is 4.34. The van der Waals surface area contributed by atoms with Gasteiger partial charge in [0.2, 0.25) is 0 Å². The van der Waals surface area contributed by atoms with Crippen LogP contribution in [0.5, 0.6) is 0 Å². The van der Waals surface area contributed by atoms with Crippen LogP contribution in [0.1, 0.15) is 82.9 Å². The molecule has 1 aromatic carbocycles. The Balaban J connectivity index is 3.66. The lowest BCUT2D eigenvalue weighted by molar-refractivity contribution is 0.331. The minimum absolute atomic E-state index is 0.523. The first-order chi connectivity index (χ1) is 14.6. The van der Waals surface area contributed by atoms with Crippen LogP contribution in [0.3, 0.4) is 0 Å². The van der Waals surface area contributed by atoms with Crippen molar-refractivity contribution in [1.29, 1.82) is 0 Å². The van der Waals surface area contributed by atoms with Gasteiger partial charge in [0.1, 0.15) is 0 Å². The summed E-state index contributed by atoms with van der Waals surface area (Å²) in [6, 6.07) is -3.39. The van der Waals surface area contributed by atoms with E-state index in [4.69, 9.17) is 26.0 Å². The highest BCUT2D eigenvalue weighted by atomic mass is 14.4. The largest absolute Gasteiger partial charge is 0.0629 e.